The number of nitrogens with one attached hydrogen (secondary N) is 2. The number of anilines is 2. The molecule has 1 aromatic rings. The summed E-state index contributed by atoms with van der Waals surface area (Å²) >= 11 is 0. The van der Waals surface area contributed by atoms with Crippen molar-refractivity contribution >= 4 is 17.3 Å². The van der Waals surface area contributed by atoms with Crippen molar-refractivity contribution in [3.8, 4) is 0 Å². The van der Waals surface area contributed by atoms with Crippen LogP contribution >= 0.6 is 0 Å². The smallest absolute Gasteiger partial charge is 0.193 e. The highest BCUT2D eigenvalue weighted by Gasteiger charge is 1.95. The summed E-state index contributed by atoms with van der Waals surface area (Å²) in [5.41, 5.74) is 7.78. The summed E-state index contributed by atoms with van der Waals surface area (Å²) in [4.78, 5) is 4.16. The lowest BCUT2D eigenvalue weighted by molar-refractivity contribution is 0.929. The van der Waals surface area contributed by atoms with Gasteiger partial charge >= 0.3 is 0 Å². The molecule has 0 bridgehead atoms. The van der Waals surface area contributed by atoms with Crippen molar-refractivity contribution in [2.24, 2.45) is 10.7 Å². The minimum absolute atomic E-state index is 0.470. The van der Waals surface area contributed by atoms with Gasteiger partial charge in [0, 0.05) is 24.5 Å². The van der Waals surface area contributed by atoms with E-state index in [1.165, 1.54) is 0 Å². The van der Waals surface area contributed by atoms with Crippen molar-refractivity contribution in [2.75, 3.05) is 23.7 Å². The van der Waals surface area contributed by atoms with Crippen molar-refractivity contribution in [2.45, 2.75) is 20.3 Å². The maximum absolute atomic E-state index is 5.71. The maximum Gasteiger partial charge on any atom is 0.193 e. The van der Waals surface area contributed by atoms with Gasteiger partial charge in [-0.2, -0.15) is 0 Å². The van der Waals surface area contributed by atoms with Crippen molar-refractivity contribution < 1.29 is 0 Å². The average Bonchev–Trinajstić information content (AvgIpc) is 2.29. The van der Waals surface area contributed by atoms with E-state index in [4.69, 9.17) is 5.73 Å². The van der Waals surface area contributed by atoms with Crippen LogP contribution in [0.25, 0.3) is 0 Å². The van der Waals surface area contributed by atoms with E-state index in [0.717, 1.165) is 30.9 Å². The van der Waals surface area contributed by atoms with Crippen LogP contribution in [0, 0.1) is 0 Å². The van der Waals surface area contributed by atoms with Gasteiger partial charge in [-0.1, -0.05) is 6.92 Å². The first-order valence-corrected chi connectivity index (χ1v) is 5.67. The minimum atomic E-state index is 0.470. The molecule has 0 saturated heterocycles. The van der Waals surface area contributed by atoms with Crippen LogP contribution in [-0.4, -0.2) is 19.0 Å². The van der Waals surface area contributed by atoms with E-state index in [0.29, 0.717) is 5.96 Å². The first-order valence-electron chi connectivity index (χ1n) is 5.67. The Bertz CT molecular complexity index is 329. The second-order valence-corrected chi connectivity index (χ2v) is 3.50. The molecule has 4 heteroatoms. The molecule has 0 heterocycles. The summed E-state index contributed by atoms with van der Waals surface area (Å²) in [6.07, 6.45) is 1.00. The van der Waals surface area contributed by atoms with Crippen LogP contribution in [0.3, 0.4) is 0 Å². The molecule has 0 aliphatic carbocycles. The van der Waals surface area contributed by atoms with Gasteiger partial charge in [0.1, 0.15) is 0 Å². The summed E-state index contributed by atoms with van der Waals surface area (Å²) < 4.78 is 0. The second kappa shape index (κ2) is 6.71. The van der Waals surface area contributed by atoms with E-state index in [1.54, 1.807) is 0 Å². The molecule has 0 aromatic heterocycles. The average molecular weight is 220 g/mol. The topological polar surface area (TPSA) is 62.4 Å². The lowest BCUT2D eigenvalue weighted by atomic mass is 10.3. The predicted octanol–water partition coefficient (Wildman–Crippen LogP) is 2.25. The molecular weight excluding hydrogens is 200 g/mol. The lowest BCUT2D eigenvalue weighted by Gasteiger charge is -2.07. The standard InChI is InChI=1S/C12H20N4/c1-3-9-15-12(13)16-11-7-5-10(6-8-11)14-4-2/h5-8,14H,3-4,9H2,1-2H3,(H3,13,15,16). The van der Waals surface area contributed by atoms with E-state index in [2.05, 4.69) is 29.5 Å². The van der Waals surface area contributed by atoms with Gasteiger partial charge in [0.25, 0.3) is 0 Å². The fourth-order valence-corrected chi connectivity index (χ4v) is 1.30. The Hall–Kier alpha value is -1.71. The molecule has 0 aliphatic rings. The van der Waals surface area contributed by atoms with Crippen LogP contribution < -0.4 is 16.4 Å². The zero-order chi connectivity index (χ0) is 11.8. The predicted molar refractivity (Wildman–Crippen MR) is 71.0 cm³/mol. The van der Waals surface area contributed by atoms with Gasteiger partial charge in [-0.3, -0.25) is 4.99 Å². The van der Waals surface area contributed by atoms with Crippen molar-refractivity contribution in [3.63, 3.8) is 0 Å². The van der Waals surface area contributed by atoms with Crippen LogP contribution in [0.1, 0.15) is 20.3 Å². The number of hydrogen-bond donors (Lipinski definition) is 3. The van der Waals surface area contributed by atoms with Gasteiger partial charge in [0.2, 0.25) is 0 Å². The highest BCUT2D eigenvalue weighted by molar-refractivity contribution is 5.92. The normalized spacial score (nSPS) is 11.2. The SMILES string of the molecule is CCCN=C(N)Nc1ccc(NCC)cc1. The second-order valence-electron chi connectivity index (χ2n) is 3.50. The molecule has 4 N–H and O–H groups in total. The molecule has 0 fully saturated rings. The Morgan fingerprint density at radius 3 is 2.38 bits per heavy atom. The van der Waals surface area contributed by atoms with Crippen LogP contribution in [0.15, 0.2) is 29.3 Å². The van der Waals surface area contributed by atoms with E-state index in [-0.39, 0.29) is 0 Å². The zero-order valence-corrected chi connectivity index (χ0v) is 9.96. The van der Waals surface area contributed by atoms with Crippen LogP contribution in [0.4, 0.5) is 11.4 Å². The van der Waals surface area contributed by atoms with E-state index < -0.39 is 0 Å². The molecule has 0 aliphatic heterocycles. The van der Waals surface area contributed by atoms with E-state index in [1.807, 2.05) is 24.3 Å². The molecule has 0 amide bonds. The Balaban J connectivity index is 2.54. The zero-order valence-electron chi connectivity index (χ0n) is 9.96. The van der Waals surface area contributed by atoms with Gasteiger partial charge in [0.15, 0.2) is 5.96 Å². The third-order valence-electron chi connectivity index (χ3n) is 2.04. The first-order chi connectivity index (χ1) is 7.76. The Morgan fingerprint density at radius 1 is 1.19 bits per heavy atom. The molecule has 0 unspecified atom stereocenters. The molecule has 4 nitrogen and oxygen atoms in total. The summed E-state index contributed by atoms with van der Waals surface area (Å²) in [6.45, 7) is 5.82. The first kappa shape index (κ1) is 12.4. The van der Waals surface area contributed by atoms with Gasteiger partial charge in [0.05, 0.1) is 0 Å². The molecule has 1 aromatic carbocycles. The Kier molecular flexibility index (Phi) is 5.19. The maximum atomic E-state index is 5.71. The monoisotopic (exact) mass is 220 g/mol. The Labute approximate surface area is 97.0 Å². The molecular formula is C12H20N4. The number of nitrogens with zero attached hydrogens (tertiary/aromatic N) is 1. The van der Waals surface area contributed by atoms with E-state index >= 15 is 0 Å². The van der Waals surface area contributed by atoms with Crippen LogP contribution in [0.2, 0.25) is 0 Å². The largest absolute Gasteiger partial charge is 0.385 e. The highest BCUT2D eigenvalue weighted by atomic mass is 15.1. The summed E-state index contributed by atoms with van der Waals surface area (Å²) in [7, 11) is 0. The van der Waals surface area contributed by atoms with Gasteiger partial charge in [-0.15, -0.1) is 0 Å². The molecule has 16 heavy (non-hydrogen) atoms. The fraction of sp³-hybridized carbons (Fsp3) is 0.417. The van der Waals surface area contributed by atoms with Gasteiger partial charge in [-0.05, 0) is 37.6 Å². The Morgan fingerprint density at radius 2 is 1.81 bits per heavy atom. The molecule has 0 radical (unpaired) electrons. The van der Waals surface area contributed by atoms with Crippen molar-refractivity contribution in [1.29, 1.82) is 0 Å². The number of benzene rings is 1. The summed E-state index contributed by atoms with van der Waals surface area (Å²) in [5.74, 6) is 0.470. The molecule has 1 rings (SSSR count). The molecule has 0 spiro atoms. The summed E-state index contributed by atoms with van der Waals surface area (Å²) in [6, 6.07) is 7.98. The van der Waals surface area contributed by atoms with Crippen LogP contribution in [-0.2, 0) is 0 Å². The van der Waals surface area contributed by atoms with Crippen molar-refractivity contribution in [1.82, 2.24) is 0 Å². The number of nitrogens with two attached hydrogens (primary N) is 1. The van der Waals surface area contributed by atoms with Gasteiger partial charge < -0.3 is 16.4 Å². The number of guanidine groups is 1. The minimum Gasteiger partial charge on any atom is -0.385 e. The molecule has 0 saturated carbocycles. The fourth-order valence-electron chi connectivity index (χ4n) is 1.30. The number of rotatable bonds is 5. The highest BCUT2D eigenvalue weighted by Crippen LogP contribution is 2.12. The lowest BCUT2D eigenvalue weighted by Crippen LogP contribution is -2.22. The van der Waals surface area contributed by atoms with Crippen LogP contribution in [0.5, 0.6) is 0 Å². The number of hydrogen-bond acceptors (Lipinski definition) is 2. The molecule has 0 atom stereocenters. The quantitative estimate of drug-likeness (QED) is 0.527. The van der Waals surface area contributed by atoms with Crippen molar-refractivity contribution in [3.05, 3.63) is 24.3 Å². The third-order valence-corrected chi connectivity index (χ3v) is 2.04. The third kappa shape index (κ3) is 4.21. The van der Waals surface area contributed by atoms with E-state index in [9.17, 15) is 0 Å². The summed E-state index contributed by atoms with van der Waals surface area (Å²) in [5, 5.41) is 6.28. The van der Waals surface area contributed by atoms with Gasteiger partial charge in [-0.25, -0.2) is 0 Å². The molecule has 88 valence electrons. The number of aliphatic imine (C=N–C) groups is 1.